The molecule has 2 aromatic heterocycles. The Kier molecular flexibility index (Phi) is 2.46. The van der Waals surface area contributed by atoms with E-state index in [4.69, 9.17) is 5.73 Å². The first-order valence-electron chi connectivity index (χ1n) is 4.25. The number of H-pyrrole nitrogens is 1. The third-order valence-corrected chi connectivity index (χ3v) is 2.00. The molecule has 1 atom stereocenters. The number of aromatic nitrogens is 5. The normalized spacial score (nSPS) is 12.6. The minimum absolute atomic E-state index is 0.0394. The minimum Gasteiger partial charge on any atom is -0.329 e. The molecule has 0 bridgehead atoms. The van der Waals surface area contributed by atoms with Gasteiger partial charge < -0.3 is 5.73 Å². The number of pyridine rings is 1. The molecule has 2 rings (SSSR count). The summed E-state index contributed by atoms with van der Waals surface area (Å²) in [6.07, 6.45) is 3.47. The second kappa shape index (κ2) is 3.93. The van der Waals surface area contributed by atoms with Gasteiger partial charge in [-0.25, -0.2) is 0 Å². The van der Waals surface area contributed by atoms with E-state index in [0.717, 1.165) is 5.56 Å². The predicted molar refractivity (Wildman–Crippen MR) is 49.3 cm³/mol. The van der Waals surface area contributed by atoms with Crippen molar-refractivity contribution in [1.82, 2.24) is 25.6 Å². The third-order valence-electron chi connectivity index (χ3n) is 2.00. The van der Waals surface area contributed by atoms with Crippen molar-refractivity contribution in [3.8, 4) is 0 Å². The van der Waals surface area contributed by atoms with Gasteiger partial charge in [0.1, 0.15) is 0 Å². The van der Waals surface area contributed by atoms with Gasteiger partial charge in [0.2, 0.25) is 0 Å². The molecular formula is C8H10N6. The summed E-state index contributed by atoms with van der Waals surface area (Å²) in [4.78, 5) is 4.02. The Balaban J connectivity index is 2.31. The molecule has 14 heavy (non-hydrogen) atoms. The molecule has 0 amide bonds. The fourth-order valence-electron chi connectivity index (χ4n) is 1.29. The minimum atomic E-state index is -0.0394. The van der Waals surface area contributed by atoms with Crippen molar-refractivity contribution in [3.63, 3.8) is 0 Å². The summed E-state index contributed by atoms with van der Waals surface area (Å²) in [5.41, 5.74) is 6.64. The smallest absolute Gasteiger partial charge is 0.183 e. The van der Waals surface area contributed by atoms with Crippen LogP contribution in [-0.2, 0) is 0 Å². The maximum absolute atomic E-state index is 5.65. The van der Waals surface area contributed by atoms with Gasteiger partial charge in [0.05, 0.1) is 5.92 Å². The van der Waals surface area contributed by atoms with Crippen LogP contribution in [0.5, 0.6) is 0 Å². The van der Waals surface area contributed by atoms with E-state index in [-0.39, 0.29) is 5.92 Å². The molecular weight excluding hydrogens is 180 g/mol. The van der Waals surface area contributed by atoms with Crippen LogP contribution in [0.2, 0.25) is 0 Å². The summed E-state index contributed by atoms with van der Waals surface area (Å²) in [7, 11) is 0. The van der Waals surface area contributed by atoms with E-state index in [9.17, 15) is 0 Å². The fraction of sp³-hybridized carbons (Fsp3) is 0.250. The van der Waals surface area contributed by atoms with Gasteiger partial charge in [-0.1, -0.05) is 11.3 Å². The first-order valence-corrected chi connectivity index (χ1v) is 4.25. The van der Waals surface area contributed by atoms with E-state index in [1.807, 2.05) is 12.1 Å². The quantitative estimate of drug-likeness (QED) is 0.692. The number of nitrogens with one attached hydrogen (secondary N) is 1. The topological polar surface area (TPSA) is 93.4 Å². The lowest BCUT2D eigenvalue weighted by Gasteiger charge is -2.09. The van der Waals surface area contributed by atoms with Gasteiger partial charge in [0.15, 0.2) is 5.82 Å². The van der Waals surface area contributed by atoms with E-state index in [1.54, 1.807) is 12.4 Å². The third kappa shape index (κ3) is 1.60. The monoisotopic (exact) mass is 190 g/mol. The number of nitrogens with zero attached hydrogens (tertiary/aromatic N) is 4. The molecule has 0 aliphatic heterocycles. The molecule has 0 radical (unpaired) electrons. The standard InChI is InChI=1S/C8H10N6/c9-4-7(8-11-13-14-12-8)6-2-1-3-10-5-6/h1-3,5,7H,4,9H2,(H,11,12,13,14). The average Bonchev–Trinajstić information content (AvgIpc) is 2.74. The molecule has 0 saturated heterocycles. The second-order valence-electron chi connectivity index (χ2n) is 2.84. The summed E-state index contributed by atoms with van der Waals surface area (Å²) >= 11 is 0. The van der Waals surface area contributed by atoms with Gasteiger partial charge in [0, 0.05) is 18.9 Å². The van der Waals surface area contributed by atoms with Crippen LogP contribution in [0.4, 0.5) is 0 Å². The molecule has 0 aliphatic carbocycles. The van der Waals surface area contributed by atoms with Gasteiger partial charge in [-0.2, -0.15) is 5.21 Å². The van der Waals surface area contributed by atoms with Gasteiger partial charge >= 0.3 is 0 Å². The van der Waals surface area contributed by atoms with Crippen LogP contribution < -0.4 is 5.73 Å². The van der Waals surface area contributed by atoms with E-state index >= 15 is 0 Å². The van der Waals surface area contributed by atoms with Crippen molar-refractivity contribution in [3.05, 3.63) is 35.9 Å². The molecule has 6 heteroatoms. The summed E-state index contributed by atoms with van der Waals surface area (Å²) in [6.45, 7) is 0.436. The summed E-state index contributed by atoms with van der Waals surface area (Å²) in [5.74, 6) is 0.558. The first kappa shape index (κ1) is 8.76. The van der Waals surface area contributed by atoms with Gasteiger partial charge in [-0.3, -0.25) is 4.98 Å². The number of rotatable bonds is 3. The van der Waals surface area contributed by atoms with Gasteiger partial charge in [-0.05, 0) is 11.6 Å². The Morgan fingerprint density at radius 2 is 2.43 bits per heavy atom. The highest BCUT2D eigenvalue weighted by molar-refractivity contribution is 5.21. The lowest BCUT2D eigenvalue weighted by molar-refractivity contribution is 0.749. The van der Waals surface area contributed by atoms with Gasteiger partial charge in [-0.15, -0.1) is 10.2 Å². The molecule has 0 fully saturated rings. The zero-order valence-electron chi connectivity index (χ0n) is 7.46. The number of tetrazole rings is 1. The van der Waals surface area contributed by atoms with Crippen LogP contribution in [0.15, 0.2) is 24.5 Å². The van der Waals surface area contributed by atoms with Crippen molar-refractivity contribution in [2.45, 2.75) is 5.92 Å². The van der Waals surface area contributed by atoms with E-state index < -0.39 is 0 Å². The first-order chi connectivity index (χ1) is 6.92. The Labute approximate surface area is 80.6 Å². The molecule has 3 N–H and O–H groups in total. The zero-order chi connectivity index (χ0) is 9.80. The van der Waals surface area contributed by atoms with Crippen molar-refractivity contribution in [2.75, 3.05) is 6.54 Å². The van der Waals surface area contributed by atoms with Gasteiger partial charge in [0.25, 0.3) is 0 Å². The van der Waals surface area contributed by atoms with Crippen molar-refractivity contribution < 1.29 is 0 Å². The SMILES string of the molecule is NCC(c1cccnc1)c1nn[nH]n1. The number of hydrogen-bond acceptors (Lipinski definition) is 5. The number of hydrogen-bond donors (Lipinski definition) is 2. The summed E-state index contributed by atoms with van der Waals surface area (Å²) in [6, 6.07) is 3.80. The summed E-state index contributed by atoms with van der Waals surface area (Å²) < 4.78 is 0. The molecule has 0 spiro atoms. The van der Waals surface area contributed by atoms with E-state index in [1.165, 1.54) is 0 Å². The molecule has 1 unspecified atom stereocenters. The highest BCUT2D eigenvalue weighted by atomic mass is 15.5. The van der Waals surface area contributed by atoms with Crippen LogP contribution in [0, 0.1) is 0 Å². The lowest BCUT2D eigenvalue weighted by Crippen LogP contribution is -2.15. The van der Waals surface area contributed by atoms with Crippen LogP contribution >= 0.6 is 0 Å². The van der Waals surface area contributed by atoms with Crippen LogP contribution in [0.25, 0.3) is 0 Å². The largest absolute Gasteiger partial charge is 0.329 e. The van der Waals surface area contributed by atoms with Crippen LogP contribution in [0.3, 0.4) is 0 Å². The van der Waals surface area contributed by atoms with Crippen molar-refractivity contribution in [1.29, 1.82) is 0 Å². The number of aromatic amines is 1. The lowest BCUT2D eigenvalue weighted by atomic mass is 10.0. The molecule has 2 aromatic rings. The maximum atomic E-state index is 5.65. The van der Waals surface area contributed by atoms with Crippen molar-refractivity contribution >= 4 is 0 Å². The highest BCUT2D eigenvalue weighted by Crippen LogP contribution is 2.17. The molecule has 0 saturated carbocycles. The average molecular weight is 190 g/mol. The van der Waals surface area contributed by atoms with Crippen molar-refractivity contribution in [2.24, 2.45) is 5.73 Å². The molecule has 0 aliphatic rings. The zero-order valence-corrected chi connectivity index (χ0v) is 7.46. The molecule has 72 valence electrons. The second-order valence-corrected chi connectivity index (χ2v) is 2.84. The Bertz CT molecular complexity index is 370. The maximum Gasteiger partial charge on any atom is 0.183 e. The Morgan fingerprint density at radius 3 is 3.00 bits per heavy atom. The molecule has 2 heterocycles. The predicted octanol–water partition coefficient (Wildman–Crippen LogP) is -0.315. The van der Waals surface area contributed by atoms with E-state index in [0.29, 0.717) is 12.4 Å². The fourth-order valence-corrected chi connectivity index (χ4v) is 1.29. The molecule has 6 nitrogen and oxygen atoms in total. The molecule has 0 aromatic carbocycles. The Hall–Kier alpha value is -1.82. The van der Waals surface area contributed by atoms with Crippen LogP contribution in [-0.4, -0.2) is 32.2 Å². The Morgan fingerprint density at radius 1 is 1.50 bits per heavy atom. The van der Waals surface area contributed by atoms with E-state index in [2.05, 4.69) is 25.6 Å². The highest BCUT2D eigenvalue weighted by Gasteiger charge is 2.16. The van der Waals surface area contributed by atoms with Crippen LogP contribution in [0.1, 0.15) is 17.3 Å². The summed E-state index contributed by atoms with van der Waals surface area (Å²) in [5, 5.41) is 13.7. The number of nitrogens with two attached hydrogens (primary N) is 1.